The number of aryl methyl sites for hydroxylation is 2. The predicted octanol–water partition coefficient (Wildman–Crippen LogP) is 2.93. The van der Waals surface area contributed by atoms with E-state index in [9.17, 15) is 5.11 Å². The summed E-state index contributed by atoms with van der Waals surface area (Å²) in [5.74, 6) is 1.60. The van der Waals surface area contributed by atoms with Gasteiger partial charge >= 0.3 is 0 Å². The second-order valence-electron chi connectivity index (χ2n) is 4.99. The number of hydrogen-bond acceptors (Lipinski definition) is 4. The molecule has 1 aliphatic rings. The molecule has 1 atom stereocenters. The third kappa shape index (κ3) is 2.63. The van der Waals surface area contributed by atoms with Crippen LogP contribution in [-0.4, -0.2) is 10.3 Å². The summed E-state index contributed by atoms with van der Waals surface area (Å²) in [4.78, 5) is 0. The van der Waals surface area contributed by atoms with Crippen LogP contribution in [0.1, 0.15) is 41.5 Å². The molecular formula is C15H17NO3. The fourth-order valence-electron chi connectivity index (χ4n) is 2.50. The highest BCUT2D eigenvalue weighted by molar-refractivity contribution is 5.38. The average Bonchev–Trinajstić information content (AvgIpc) is 2.82. The molecule has 1 unspecified atom stereocenters. The van der Waals surface area contributed by atoms with Gasteiger partial charge in [-0.2, -0.15) is 0 Å². The molecule has 4 nitrogen and oxygen atoms in total. The maximum atomic E-state index is 9.90. The smallest absolute Gasteiger partial charge is 0.134 e. The van der Waals surface area contributed by atoms with Crippen molar-refractivity contribution in [3.05, 3.63) is 46.8 Å². The zero-order chi connectivity index (χ0) is 13.2. The zero-order valence-corrected chi connectivity index (χ0v) is 10.9. The molecule has 1 aromatic carbocycles. The van der Waals surface area contributed by atoms with Crippen molar-refractivity contribution in [1.29, 1.82) is 0 Å². The number of benzene rings is 1. The van der Waals surface area contributed by atoms with E-state index in [1.165, 1.54) is 5.56 Å². The lowest BCUT2D eigenvalue weighted by molar-refractivity contribution is 0.156. The van der Waals surface area contributed by atoms with E-state index in [4.69, 9.17) is 9.26 Å². The average molecular weight is 259 g/mol. The lowest BCUT2D eigenvalue weighted by atomic mass is 9.89. The molecule has 100 valence electrons. The fraction of sp³-hybridized carbons (Fsp3) is 0.400. The first-order chi connectivity index (χ1) is 9.22. The van der Waals surface area contributed by atoms with Gasteiger partial charge in [-0.3, -0.25) is 0 Å². The highest BCUT2D eigenvalue weighted by atomic mass is 16.5. The summed E-state index contributed by atoms with van der Waals surface area (Å²) < 4.78 is 10.7. The van der Waals surface area contributed by atoms with Gasteiger partial charge in [0, 0.05) is 6.07 Å². The minimum atomic E-state index is -0.323. The van der Waals surface area contributed by atoms with Gasteiger partial charge in [0.1, 0.15) is 23.8 Å². The van der Waals surface area contributed by atoms with Crippen LogP contribution in [0.5, 0.6) is 5.75 Å². The third-order valence-electron chi connectivity index (χ3n) is 3.46. The van der Waals surface area contributed by atoms with E-state index in [0.29, 0.717) is 6.61 Å². The maximum absolute atomic E-state index is 9.90. The van der Waals surface area contributed by atoms with Crippen LogP contribution in [0.15, 0.2) is 28.8 Å². The predicted molar refractivity (Wildman–Crippen MR) is 69.9 cm³/mol. The van der Waals surface area contributed by atoms with Crippen molar-refractivity contribution in [3.63, 3.8) is 0 Å². The molecule has 3 rings (SSSR count). The number of ether oxygens (including phenoxy) is 1. The van der Waals surface area contributed by atoms with E-state index in [0.717, 1.165) is 42.0 Å². The van der Waals surface area contributed by atoms with Gasteiger partial charge in [0.05, 0.1) is 6.10 Å². The van der Waals surface area contributed by atoms with Crippen molar-refractivity contribution in [2.24, 2.45) is 0 Å². The lowest BCUT2D eigenvalue weighted by Gasteiger charge is -2.21. The summed E-state index contributed by atoms with van der Waals surface area (Å²) in [7, 11) is 0. The molecule has 1 aliphatic carbocycles. The van der Waals surface area contributed by atoms with E-state index in [1.54, 1.807) is 0 Å². The molecule has 0 amide bonds. The van der Waals surface area contributed by atoms with Crippen LogP contribution in [0, 0.1) is 6.92 Å². The van der Waals surface area contributed by atoms with Crippen molar-refractivity contribution in [2.75, 3.05) is 0 Å². The fourth-order valence-corrected chi connectivity index (χ4v) is 2.50. The Morgan fingerprint density at radius 3 is 3.11 bits per heavy atom. The minimum Gasteiger partial charge on any atom is -0.487 e. The molecule has 0 aliphatic heterocycles. The number of fused-ring (bicyclic) bond motifs is 1. The van der Waals surface area contributed by atoms with Crippen LogP contribution in [0.4, 0.5) is 0 Å². The molecule has 4 heteroatoms. The molecule has 0 fully saturated rings. The number of aliphatic hydroxyl groups is 1. The Morgan fingerprint density at radius 1 is 1.42 bits per heavy atom. The second-order valence-corrected chi connectivity index (χ2v) is 4.99. The van der Waals surface area contributed by atoms with Crippen molar-refractivity contribution >= 4 is 0 Å². The van der Waals surface area contributed by atoms with Crippen molar-refractivity contribution in [2.45, 2.75) is 38.9 Å². The quantitative estimate of drug-likeness (QED) is 0.920. The summed E-state index contributed by atoms with van der Waals surface area (Å²) in [5.41, 5.74) is 3.01. The van der Waals surface area contributed by atoms with Crippen molar-refractivity contribution in [3.8, 4) is 5.75 Å². The van der Waals surface area contributed by atoms with Gasteiger partial charge in [0.25, 0.3) is 0 Å². The normalized spacial score (nSPS) is 18.1. The highest BCUT2D eigenvalue weighted by Crippen LogP contribution is 2.32. The Labute approximate surface area is 112 Å². The van der Waals surface area contributed by atoms with Crippen molar-refractivity contribution < 1.29 is 14.4 Å². The molecular weight excluding hydrogens is 242 g/mol. The Bertz CT molecular complexity index is 577. The number of aromatic nitrogens is 1. The summed E-state index contributed by atoms with van der Waals surface area (Å²) in [6.45, 7) is 2.26. The first-order valence-electron chi connectivity index (χ1n) is 6.58. The Hall–Kier alpha value is -1.81. The van der Waals surface area contributed by atoms with Crippen LogP contribution in [0.2, 0.25) is 0 Å². The molecule has 19 heavy (non-hydrogen) atoms. The van der Waals surface area contributed by atoms with Crippen LogP contribution >= 0.6 is 0 Å². The summed E-state index contributed by atoms with van der Waals surface area (Å²) in [6.07, 6.45) is 2.56. The van der Waals surface area contributed by atoms with E-state index < -0.39 is 0 Å². The zero-order valence-electron chi connectivity index (χ0n) is 10.9. The Balaban J connectivity index is 1.72. The molecule has 0 bridgehead atoms. The Morgan fingerprint density at radius 2 is 2.32 bits per heavy atom. The maximum Gasteiger partial charge on any atom is 0.134 e. The summed E-state index contributed by atoms with van der Waals surface area (Å²) in [5, 5.41) is 13.8. The third-order valence-corrected chi connectivity index (χ3v) is 3.46. The molecule has 0 saturated heterocycles. The first-order valence-corrected chi connectivity index (χ1v) is 6.58. The molecule has 1 aromatic heterocycles. The molecule has 1 heterocycles. The van der Waals surface area contributed by atoms with Gasteiger partial charge < -0.3 is 14.4 Å². The summed E-state index contributed by atoms with van der Waals surface area (Å²) >= 11 is 0. The van der Waals surface area contributed by atoms with Gasteiger partial charge in [-0.1, -0.05) is 11.2 Å². The van der Waals surface area contributed by atoms with E-state index in [2.05, 4.69) is 5.16 Å². The van der Waals surface area contributed by atoms with E-state index in [-0.39, 0.29) is 6.10 Å². The van der Waals surface area contributed by atoms with Gasteiger partial charge in [-0.25, -0.2) is 0 Å². The van der Waals surface area contributed by atoms with E-state index >= 15 is 0 Å². The second kappa shape index (κ2) is 5.05. The molecule has 0 saturated carbocycles. The minimum absolute atomic E-state index is 0.323. The topological polar surface area (TPSA) is 55.5 Å². The Kier molecular flexibility index (Phi) is 3.25. The monoisotopic (exact) mass is 259 g/mol. The van der Waals surface area contributed by atoms with Crippen molar-refractivity contribution in [1.82, 2.24) is 5.16 Å². The molecule has 0 spiro atoms. The van der Waals surface area contributed by atoms with Crippen LogP contribution in [-0.2, 0) is 13.0 Å². The lowest BCUT2D eigenvalue weighted by Crippen LogP contribution is -2.09. The van der Waals surface area contributed by atoms with Crippen LogP contribution in [0.25, 0.3) is 0 Å². The van der Waals surface area contributed by atoms with Gasteiger partial charge in [0.2, 0.25) is 0 Å². The van der Waals surface area contributed by atoms with Crippen LogP contribution in [0.3, 0.4) is 0 Å². The largest absolute Gasteiger partial charge is 0.487 e. The number of hydrogen-bond donors (Lipinski definition) is 1. The van der Waals surface area contributed by atoms with Gasteiger partial charge in [-0.15, -0.1) is 0 Å². The van der Waals surface area contributed by atoms with E-state index in [1.807, 2.05) is 31.2 Å². The standard InChI is InChI=1S/C15H17NO3/c1-10-7-12(16-19-10)9-18-13-5-6-14-11(8-13)3-2-4-15(14)17/h5-8,15,17H,2-4,9H2,1H3. The van der Waals surface area contributed by atoms with Gasteiger partial charge in [-0.05, 0) is 49.4 Å². The number of aliphatic hydroxyl groups excluding tert-OH is 1. The number of nitrogens with zero attached hydrogens (tertiary/aromatic N) is 1. The summed E-state index contributed by atoms with van der Waals surface area (Å²) in [6, 6.07) is 7.75. The first kappa shape index (κ1) is 12.2. The molecule has 1 N–H and O–H groups in total. The number of rotatable bonds is 3. The molecule has 2 aromatic rings. The van der Waals surface area contributed by atoms with Crippen LogP contribution < -0.4 is 4.74 Å². The SMILES string of the molecule is Cc1cc(COc2ccc3c(c2)CCCC3O)no1. The molecule has 0 radical (unpaired) electrons. The highest BCUT2D eigenvalue weighted by Gasteiger charge is 2.18. The van der Waals surface area contributed by atoms with Gasteiger partial charge in [0.15, 0.2) is 0 Å².